The Morgan fingerprint density at radius 3 is 2.50 bits per heavy atom. The molecule has 1 aromatic rings. The molecular weight excluding hydrogens is 250 g/mol. The van der Waals surface area contributed by atoms with Gasteiger partial charge in [-0.05, 0) is 58.4 Å². The summed E-state index contributed by atoms with van der Waals surface area (Å²) in [5, 5.41) is 3.54. The molecule has 0 spiro atoms. The molecule has 1 amide bonds. The first-order valence-corrected chi connectivity index (χ1v) is 6.31. The summed E-state index contributed by atoms with van der Waals surface area (Å²) >= 11 is 5.87. The van der Waals surface area contributed by atoms with Crippen molar-refractivity contribution in [3.63, 3.8) is 0 Å². The van der Waals surface area contributed by atoms with E-state index in [2.05, 4.69) is 5.32 Å². The molecule has 0 bridgehead atoms. The lowest BCUT2D eigenvalue weighted by molar-refractivity contribution is -0.128. The first kappa shape index (κ1) is 14.8. The van der Waals surface area contributed by atoms with Crippen molar-refractivity contribution < 1.29 is 9.53 Å². The third kappa shape index (κ3) is 4.57. The summed E-state index contributed by atoms with van der Waals surface area (Å²) in [6.07, 6.45) is -0.538. The fourth-order valence-electron chi connectivity index (χ4n) is 1.46. The van der Waals surface area contributed by atoms with Crippen LogP contribution in [-0.2, 0) is 4.79 Å². The number of ether oxygens (including phenoxy) is 1. The van der Waals surface area contributed by atoms with Gasteiger partial charge in [-0.3, -0.25) is 4.79 Å². The summed E-state index contributed by atoms with van der Waals surface area (Å²) in [6, 6.07) is 5.34. The van der Waals surface area contributed by atoms with Crippen molar-refractivity contribution in [2.75, 3.05) is 0 Å². The Labute approximate surface area is 113 Å². The lowest BCUT2D eigenvalue weighted by Gasteiger charge is -2.24. The van der Waals surface area contributed by atoms with Crippen LogP contribution in [0.2, 0.25) is 5.02 Å². The first-order valence-electron chi connectivity index (χ1n) is 5.94. The van der Waals surface area contributed by atoms with Crippen molar-refractivity contribution in [1.29, 1.82) is 0 Å². The van der Waals surface area contributed by atoms with E-state index >= 15 is 0 Å². The van der Waals surface area contributed by atoms with Gasteiger partial charge >= 0.3 is 0 Å². The average molecular weight is 270 g/mol. The minimum atomic E-state index is -0.538. The minimum absolute atomic E-state index is 0.128. The molecule has 0 aliphatic heterocycles. The van der Waals surface area contributed by atoms with Crippen molar-refractivity contribution in [2.45, 2.75) is 46.3 Å². The second kappa shape index (κ2) is 5.61. The molecule has 1 aromatic carbocycles. The van der Waals surface area contributed by atoms with E-state index in [-0.39, 0.29) is 11.4 Å². The highest BCUT2D eigenvalue weighted by Crippen LogP contribution is 2.22. The topological polar surface area (TPSA) is 38.3 Å². The van der Waals surface area contributed by atoms with E-state index in [0.29, 0.717) is 10.8 Å². The molecule has 1 atom stereocenters. The van der Waals surface area contributed by atoms with Crippen LogP contribution < -0.4 is 10.1 Å². The quantitative estimate of drug-likeness (QED) is 0.914. The van der Waals surface area contributed by atoms with Crippen molar-refractivity contribution in [2.24, 2.45) is 0 Å². The summed E-state index contributed by atoms with van der Waals surface area (Å²) < 4.78 is 5.64. The monoisotopic (exact) mass is 269 g/mol. The molecule has 1 unspecified atom stereocenters. The summed E-state index contributed by atoms with van der Waals surface area (Å²) in [5.74, 6) is 0.549. The standard InChI is InChI=1S/C14H20ClNO2/c1-9-8-11(15)6-7-12(9)18-10(2)13(17)16-14(3,4)5/h6-8,10H,1-5H3,(H,16,17). The molecule has 0 aliphatic rings. The van der Waals surface area contributed by atoms with Crippen LogP contribution in [0.25, 0.3) is 0 Å². The van der Waals surface area contributed by atoms with Gasteiger partial charge in [0.25, 0.3) is 5.91 Å². The Morgan fingerprint density at radius 1 is 1.39 bits per heavy atom. The lowest BCUT2D eigenvalue weighted by Crippen LogP contribution is -2.46. The van der Waals surface area contributed by atoms with Crippen molar-refractivity contribution in [3.8, 4) is 5.75 Å². The van der Waals surface area contributed by atoms with Crippen LogP contribution in [0.3, 0.4) is 0 Å². The molecule has 0 aromatic heterocycles. The zero-order valence-corrected chi connectivity index (χ0v) is 12.3. The van der Waals surface area contributed by atoms with Gasteiger partial charge in [0, 0.05) is 10.6 Å². The number of carbonyl (C=O) groups excluding carboxylic acids is 1. The third-order valence-electron chi connectivity index (χ3n) is 2.31. The molecule has 0 fully saturated rings. The van der Waals surface area contributed by atoms with Gasteiger partial charge in [0.05, 0.1) is 0 Å². The number of amides is 1. The van der Waals surface area contributed by atoms with E-state index in [1.165, 1.54) is 0 Å². The number of hydrogen-bond acceptors (Lipinski definition) is 2. The van der Waals surface area contributed by atoms with Crippen molar-refractivity contribution in [1.82, 2.24) is 5.32 Å². The van der Waals surface area contributed by atoms with E-state index in [1.807, 2.05) is 33.8 Å². The number of carbonyl (C=O) groups is 1. The van der Waals surface area contributed by atoms with Gasteiger partial charge in [-0.1, -0.05) is 11.6 Å². The Bertz CT molecular complexity index is 438. The molecule has 4 heteroatoms. The number of benzene rings is 1. The molecule has 0 aliphatic carbocycles. The second-order valence-corrected chi connectivity index (χ2v) is 5.85. The van der Waals surface area contributed by atoms with Gasteiger partial charge in [0.2, 0.25) is 0 Å². The van der Waals surface area contributed by atoms with E-state index < -0.39 is 6.10 Å². The van der Waals surface area contributed by atoms with Crippen LogP contribution >= 0.6 is 11.6 Å². The SMILES string of the molecule is Cc1cc(Cl)ccc1OC(C)C(=O)NC(C)(C)C. The summed E-state index contributed by atoms with van der Waals surface area (Å²) in [7, 11) is 0. The highest BCUT2D eigenvalue weighted by atomic mass is 35.5. The van der Waals surface area contributed by atoms with Crippen LogP contribution in [0.1, 0.15) is 33.3 Å². The minimum Gasteiger partial charge on any atom is -0.481 e. The molecule has 18 heavy (non-hydrogen) atoms. The maximum atomic E-state index is 11.9. The summed E-state index contributed by atoms with van der Waals surface area (Å²) in [4.78, 5) is 11.9. The first-order chi connectivity index (χ1) is 8.19. The summed E-state index contributed by atoms with van der Waals surface area (Å²) in [6.45, 7) is 9.44. The van der Waals surface area contributed by atoms with Crippen LogP contribution in [0.15, 0.2) is 18.2 Å². The highest BCUT2D eigenvalue weighted by molar-refractivity contribution is 6.30. The molecule has 1 rings (SSSR count). The molecule has 3 nitrogen and oxygen atoms in total. The van der Waals surface area contributed by atoms with Crippen molar-refractivity contribution in [3.05, 3.63) is 28.8 Å². The molecule has 0 saturated carbocycles. The van der Waals surface area contributed by atoms with E-state index in [1.54, 1.807) is 19.1 Å². The lowest BCUT2D eigenvalue weighted by atomic mass is 10.1. The fourth-order valence-corrected chi connectivity index (χ4v) is 1.69. The number of hydrogen-bond donors (Lipinski definition) is 1. The predicted octanol–water partition coefficient (Wildman–Crippen LogP) is 3.33. The smallest absolute Gasteiger partial charge is 0.261 e. The van der Waals surface area contributed by atoms with E-state index in [4.69, 9.17) is 16.3 Å². The maximum Gasteiger partial charge on any atom is 0.261 e. The normalized spacial score (nSPS) is 13.0. The second-order valence-electron chi connectivity index (χ2n) is 5.41. The molecular formula is C14H20ClNO2. The Morgan fingerprint density at radius 2 is 2.00 bits per heavy atom. The maximum absolute atomic E-state index is 11.9. The highest BCUT2D eigenvalue weighted by Gasteiger charge is 2.20. The number of nitrogens with one attached hydrogen (secondary N) is 1. The Hall–Kier alpha value is -1.22. The third-order valence-corrected chi connectivity index (χ3v) is 2.54. The van der Waals surface area contributed by atoms with Gasteiger partial charge < -0.3 is 10.1 Å². The number of rotatable bonds is 3. The molecule has 0 saturated heterocycles. The van der Waals surface area contributed by atoms with Gasteiger partial charge in [-0.2, -0.15) is 0 Å². The van der Waals surface area contributed by atoms with Crippen LogP contribution in [-0.4, -0.2) is 17.6 Å². The zero-order valence-electron chi connectivity index (χ0n) is 11.5. The number of aryl methyl sites for hydroxylation is 1. The molecule has 100 valence electrons. The molecule has 1 N–H and O–H groups in total. The van der Waals surface area contributed by atoms with Gasteiger partial charge in [-0.25, -0.2) is 0 Å². The van der Waals surface area contributed by atoms with Gasteiger partial charge in [0.15, 0.2) is 6.10 Å². The Balaban J connectivity index is 2.69. The van der Waals surface area contributed by atoms with Gasteiger partial charge in [0.1, 0.15) is 5.75 Å². The largest absolute Gasteiger partial charge is 0.481 e. The molecule has 0 radical (unpaired) electrons. The zero-order chi connectivity index (χ0) is 13.9. The van der Waals surface area contributed by atoms with Crippen LogP contribution in [0.5, 0.6) is 5.75 Å². The summed E-state index contributed by atoms with van der Waals surface area (Å²) in [5.41, 5.74) is 0.655. The van der Waals surface area contributed by atoms with Crippen LogP contribution in [0.4, 0.5) is 0 Å². The fraction of sp³-hybridized carbons (Fsp3) is 0.500. The van der Waals surface area contributed by atoms with E-state index in [0.717, 1.165) is 5.56 Å². The van der Waals surface area contributed by atoms with Crippen molar-refractivity contribution >= 4 is 17.5 Å². The van der Waals surface area contributed by atoms with E-state index in [9.17, 15) is 4.79 Å². The molecule has 0 heterocycles. The average Bonchev–Trinajstić information content (AvgIpc) is 2.19. The Kier molecular flexibility index (Phi) is 4.63. The van der Waals surface area contributed by atoms with Gasteiger partial charge in [-0.15, -0.1) is 0 Å². The number of halogens is 1. The van der Waals surface area contributed by atoms with Crippen LogP contribution in [0, 0.1) is 6.92 Å². The predicted molar refractivity (Wildman–Crippen MR) is 74.2 cm³/mol.